The molecule has 0 fully saturated rings. The maximum absolute atomic E-state index is 5.56. The largest absolute Gasteiger partial charge is 0.325 e. The summed E-state index contributed by atoms with van der Waals surface area (Å²) < 4.78 is 1.17. The molecule has 0 radical (unpaired) electrons. The van der Waals surface area contributed by atoms with Crippen LogP contribution in [0.5, 0.6) is 0 Å². The molecule has 2 aromatic heterocycles. The number of nitrogens with zero attached hydrogens (tertiary/aromatic N) is 1. The number of pyridine rings is 1. The van der Waals surface area contributed by atoms with Crippen LogP contribution in [0, 0.1) is 0 Å². The van der Waals surface area contributed by atoms with Crippen LogP contribution in [0.1, 0.15) is 16.1 Å². The molecule has 0 amide bonds. The summed E-state index contributed by atoms with van der Waals surface area (Å²) in [4.78, 5) is 5.49. The third kappa shape index (κ3) is 3.61. The molecular weight excluding hydrogens is 298 g/mol. The van der Waals surface area contributed by atoms with Gasteiger partial charge in [-0.1, -0.05) is 0 Å². The van der Waals surface area contributed by atoms with Gasteiger partial charge in [0.1, 0.15) is 0 Å². The average Bonchev–Trinajstić information content (AvgIpc) is 2.76. The summed E-state index contributed by atoms with van der Waals surface area (Å²) in [7, 11) is 0. The van der Waals surface area contributed by atoms with Crippen molar-refractivity contribution >= 4 is 27.3 Å². The van der Waals surface area contributed by atoms with Gasteiger partial charge in [-0.3, -0.25) is 4.98 Å². The first kappa shape index (κ1) is 12.7. The van der Waals surface area contributed by atoms with E-state index in [2.05, 4.69) is 37.7 Å². The molecule has 3 nitrogen and oxygen atoms in total. The van der Waals surface area contributed by atoms with Gasteiger partial charge in [0, 0.05) is 35.2 Å². The van der Waals surface area contributed by atoms with E-state index in [4.69, 9.17) is 5.73 Å². The zero-order chi connectivity index (χ0) is 12.1. The highest BCUT2D eigenvalue weighted by molar-refractivity contribution is 9.10. The summed E-state index contributed by atoms with van der Waals surface area (Å²) in [6, 6.07) is 6.12. The molecule has 0 spiro atoms. The van der Waals surface area contributed by atoms with Crippen molar-refractivity contribution in [3.8, 4) is 0 Å². The van der Waals surface area contributed by atoms with Crippen molar-refractivity contribution < 1.29 is 0 Å². The number of hydrogen-bond donors (Lipinski definition) is 2. The first-order chi connectivity index (χ1) is 8.29. The lowest BCUT2D eigenvalue weighted by Gasteiger charge is -2.05. The van der Waals surface area contributed by atoms with Crippen molar-refractivity contribution in [1.29, 1.82) is 0 Å². The van der Waals surface area contributed by atoms with E-state index in [1.165, 1.54) is 14.9 Å². The molecule has 5 heteroatoms. The number of halogens is 1. The number of hydrogen-bond acceptors (Lipinski definition) is 4. The molecule has 0 aliphatic carbocycles. The summed E-state index contributed by atoms with van der Waals surface area (Å²) in [5.41, 5.74) is 7.70. The molecule has 0 saturated heterocycles. The summed E-state index contributed by atoms with van der Waals surface area (Å²) in [6.07, 6.45) is 1.81. The molecule has 2 aromatic rings. The smallest absolute Gasteiger partial charge is 0.0542 e. The van der Waals surface area contributed by atoms with Crippen LogP contribution in [0.3, 0.4) is 0 Å². The maximum atomic E-state index is 5.56. The maximum Gasteiger partial charge on any atom is 0.0542 e. The van der Waals surface area contributed by atoms with Gasteiger partial charge < -0.3 is 11.1 Å². The van der Waals surface area contributed by atoms with Crippen LogP contribution >= 0.6 is 27.3 Å². The van der Waals surface area contributed by atoms with Crippen molar-refractivity contribution in [3.63, 3.8) is 0 Å². The van der Waals surface area contributed by atoms with E-state index in [-0.39, 0.29) is 0 Å². The molecule has 0 aliphatic heterocycles. The zero-order valence-electron chi connectivity index (χ0n) is 9.32. The molecule has 0 saturated carbocycles. The van der Waals surface area contributed by atoms with Crippen molar-refractivity contribution in [2.75, 3.05) is 0 Å². The SMILES string of the molecule is NCc1cc(CNCc2sccc2Br)ccn1. The Bertz CT molecular complexity index is 484. The van der Waals surface area contributed by atoms with Gasteiger partial charge in [0.25, 0.3) is 0 Å². The van der Waals surface area contributed by atoms with E-state index in [1.54, 1.807) is 17.5 Å². The van der Waals surface area contributed by atoms with Crippen LogP contribution in [0.15, 0.2) is 34.2 Å². The van der Waals surface area contributed by atoms with Gasteiger partial charge in [0.2, 0.25) is 0 Å². The molecule has 2 rings (SSSR count). The second kappa shape index (κ2) is 6.26. The summed E-state index contributed by atoms with van der Waals surface area (Å²) in [5, 5.41) is 5.49. The minimum Gasteiger partial charge on any atom is -0.325 e. The lowest BCUT2D eigenvalue weighted by molar-refractivity contribution is 0.697. The Hall–Kier alpha value is -0.750. The Kier molecular flexibility index (Phi) is 4.67. The average molecular weight is 312 g/mol. The molecule has 0 bridgehead atoms. The summed E-state index contributed by atoms with van der Waals surface area (Å²) >= 11 is 5.27. The molecule has 90 valence electrons. The highest BCUT2D eigenvalue weighted by atomic mass is 79.9. The Balaban J connectivity index is 1.87. The molecule has 17 heavy (non-hydrogen) atoms. The highest BCUT2D eigenvalue weighted by Gasteiger charge is 2.01. The Morgan fingerprint density at radius 3 is 2.94 bits per heavy atom. The second-order valence-electron chi connectivity index (χ2n) is 3.65. The van der Waals surface area contributed by atoms with Crippen molar-refractivity contribution in [2.45, 2.75) is 19.6 Å². The lowest BCUT2D eigenvalue weighted by atomic mass is 10.2. The van der Waals surface area contributed by atoms with E-state index < -0.39 is 0 Å². The minimum atomic E-state index is 0.490. The lowest BCUT2D eigenvalue weighted by Crippen LogP contribution is -2.12. The first-order valence-electron chi connectivity index (χ1n) is 5.36. The van der Waals surface area contributed by atoms with Gasteiger partial charge in [-0.2, -0.15) is 0 Å². The van der Waals surface area contributed by atoms with Crippen molar-refractivity contribution in [2.24, 2.45) is 5.73 Å². The molecule has 0 aliphatic rings. The normalized spacial score (nSPS) is 10.7. The predicted molar refractivity (Wildman–Crippen MR) is 74.7 cm³/mol. The third-order valence-corrected chi connectivity index (χ3v) is 4.32. The van der Waals surface area contributed by atoms with Crippen LogP contribution in [-0.2, 0) is 19.6 Å². The van der Waals surface area contributed by atoms with Crippen LogP contribution in [0.25, 0.3) is 0 Å². The summed E-state index contributed by atoms with van der Waals surface area (Å²) in [5.74, 6) is 0. The zero-order valence-corrected chi connectivity index (χ0v) is 11.7. The van der Waals surface area contributed by atoms with Gasteiger partial charge >= 0.3 is 0 Å². The third-order valence-electron chi connectivity index (χ3n) is 2.40. The van der Waals surface area contributed by atoms with E-state index in [1.807, 2.05) is 12.1 Å². The van der Waals surface area contributed by atoms with Crippen molar-refractivity contribution in [3.05, 3.63) is 50.4 Å². The van der Waals surface area contributed by atoms with Crippen LogP contribution in [0.2, 0.25) is 0 Å². The predicted octanol–water partition coefficient (Wildman–Crippen LogP) is 2.65. The Morgan fingerprint density at radius 2 is 2.24 bits per heavy atom. The minimum absolute atomic E-state index is 0.490. The topological polar surface area (TPSA) is 50.9 Å². The fraction of sp³-hybridized carbons (Fsp3) is 0.250. The van der Waals surface area contributed by atoms with E-state index in [0.717, 1.165) is 18.8 Å². The Labute approximate surface area is 113 Å². The molecule has 0 atom stereocenters. The fourth-order valence-corrected chi connectivity index (χ4v) is 2.98. The molecule has 0 unspecified atom stereocenters. The molecule has 0 aromatic carbocycles. The van der Waals surface area contributed by atoms with Gasteiger partial charge in [0.05, 0.1) is 5.69 Å². The van der Waals surface area contributed by atoms with E-state index in [9.17, 15) is 0 Å². The molecule has 2 heterocycles. The van der Waals surface area contributed by atoms with E-state index in [0.29, 0.717) is 6.54 Å². The Morgan fingerprint density at radius 1 is 1.35 bits per heavy atom. The van der Waals surface area contributed by atoms with Gasteiger partial charge in [-0.05, 0) is 45.1 Å². The number of rotatable bonds is 5. The van der Waals surface area contributed by atoms with Gasteiger partial charge in [0.15, 0.2) is 0 Å². The van der Waals surface area contributed by atoms with Crippen molar-refractivity contribution in [1.82, 2.24) is 10.3 Å². The highest BCUT2D eigenvalue weighted by Crippen LogP contribution is 2.22. The molecule has 3 N–H and O–H groups in total. The van der Waals surface area contributed by atoms with Gasteiger partial charge in [-0.15, -0.1) is 11.3 Å². The first-order valence-corrected chi connectivity index (χ1v) is 7.03. The monoisotopic (exact) mass is 311 g/mol. The number of nitrogens with one attached hydrogen (secondary N) is 1. The number of aromatic nitrogens is 1. The molecular formula is C12H14BrN3S. The van der Waals surface area contributed by atoms with Crippen LogP contribution < -0.4 is 11.1 Å². The van der Waals surface area contributed by atoms with Crippen LogP contribution in [-0.4, -0.2) is 4.98 Å². The quantitative estimate of drug-likeness (QED) is 0.892. The standard InChI is InChI=1S/C12H14BrN3S/c13-11-2-4-17-12(11)8-15-7-9-1-3-16-10(5-9)6-14/h1-5,15H,6-8,14H2. The fourth-order valence-electron chi connectivity index (χ4n) is 1.52. The van der Waals surface area contributed by atoms with Gasteiger partial charge in [-0.25, -0.2) is 0 Å². The number of thiophene rings is 1. The van der Waals surface area contributed by atoms with Crippen LogP contribution in [0.4, 0.5) is 0 Å². The second-order valence-corrected chi connectivity index (χ2v) is 5.51. The van der Waals surface area contributed by atoms with E-state index >= 15 is 0 Å². The summed E-state index contributed by atoms with van der Waals surface area (Å²) in [6.45, 7) is 2.20. The number of nitrogens with two attached hydrogens (primary N) is 1.